The highest BCUT2D eigenvalue weighted by Gasteiger charge is 2.26. The molecule has 18 heavy (non-hydrogen) atoms. The van der Waals surface area contributed by atoms with Crippen LogP contribution >= 0.6 is 0 Å². The summed E-state index contributed by atoms with van der Waals surface area (Å²) in [5.74, 6) is -3.00. The largest absolute Gasteiger partial charge is 0.303 e. The fraction of sp³-hybridized carbons (Fsp3) is 0.857. The van der Waals surface area contributed by atoms with Crippen molar-refractivity contribution in [3.63, 3.8) is 0 Å². The minimum absolute atomic E-state index is 0.0301. The summed E-state index contributed by atoms with van der Waals surface area (Å²) in [4.78, 5) is 22.2. The van der Waals surface area contributed by atoms with Crippen molar-refractivity contribution >= 4 is 12.1 Å². The minimum Gasteiger partial charge on any atom is -0.303 e. The second-order valence-corrected chi connectivity index (χ2v) is 5.06. The molecule has 0 aliphatic heterocycles. The van der Waals surface area contributed by atoms with E-state index >= 15 is 0 Å². The van der Waals surface area contributed by atoms with E-state index in [1.807, 2.05) is 13.8 Å². The molecule has 0 heterocycles. The Morgan fingerprint density at radius 2 is 1.89 bits per heavy atom. The number of halogens is 2. The molecule has 2 nitrogen and oxygen atoms in total. The van der Waals surface area contributed by atoms with Crippen LogP contribution in [0.5, 0.6) is 0 Å². The average molecular weight is 262 g/mol. The second kappa shape index (κ2) is 8.33. The Morgan fingerprint density at radius 1 is 1.28 bits per heavy atom. The van der Waals surface area contributed by atoms with E-state index in [1.54, 1.807) is 0 Å². The molecule has 0 spiro atoms. The highest BCUT2D eigenvalue weighted by molar-refractivity contribution is 5.82. The quantitative estimate of drug-likeness (QED) is 0.557. The van der Waals surface area contributed by atoms with Crippen molar-refractivity contribution in [1.29, 1.82) is 0 Å². The zero-order valence-corrected chi connectivity index (χ0v) is 11.5. The van der Waals surface area contributed by atoms with Gasteiger partial charge in [-0.05, 0) is 25.7 Å². The maximum atomic E-state index is 12.9. The van der Waals surface area contributed by atoms with Gasteiger partial charge in [-0.15, -0.1) is 0 Å². The Bertz CT molecular complexity index is 259. The third-order valence-corrected chi connectivity index (χ3v) is 3.35. The van der Waals surface area contributed by atoms with Gasteiger partial charge in [0.25, 0.3) is 0 Å². The van der Waals surface area contributed by atoms with Crippen molar-refractivity contribution in [2.75, 3.05) is 0 Å². The molecule has 2 atom stereocenters. The van der Waals surface area contributed by atoms with Gasteiger partial charge in [0, 0.05) is 25.2 Å². The van der Waals surface area contributed by atoms with Gasteiger partial charge >= 0.3 is 0 Å². The van der Waals surface area contributed by atoms with Crippen molar-refractivity contribution in [2.45, 2.75) is 65.2 Å². The third-order valence-electron chi connectivity index (χ3n) is 3.35. The van der Waals surface area contributed by atoms with Gasteiger partial charge in [-0.3, -0.25) is 4.79 Å². The number of aldehydes is 1. The Labute approximate surface area is 108 Å². The average Bonchev–Trinajstić information content (AvgIpc) is 2.29. The molecule has 0 rings (SSSR count). The van der Waals surface area contributed by atoms with Crippen LogP contribution in [0.15, 0.2) is 0 Å². The summed E-state index contributed by atoms with van der Waals surface area (Å²) in [6, 6.07) is 0. The molecular formula is C14H24F2O2. The number of rotatable bonds is 10. The molecule has 0 aromatic rings. The maximum Gasteiger partial charge on any atom is 0.245 e. The van der Waals surface area contributed by atoms with Crippen LogP contribution in [0, 0.1) is 11.8 Å². The van der Waals surface area contributed by atoms with Crippen LogP contribution in [-0.4, -0.2) is 18.0 Å². The predicted octanol–water partition coefficient (Wildman–Crippen LogP) is 4.02. The Morgan fingerprint density at radius 3 is 2.28 bits per heavy atom. The number of hydrogen-bond acceptors (Lipinski definition) is 2. The molecule has 0 N–H and O–H groups in total. The van der Waals surface area contributed by atoms with Gasteiger partial charge in [0.1, 0.15) is 12.1 Å². The summed E-state index contributed by atoms with van der Waals surface area (Å²) in [6.45, 7) is 4.64. The smallest absolute Gasteiger partial charge is 0.245 e. The summed E-state index contributed by atoms with van der Waals surface area (Å²) >= 11 is 0. The van der Waals surface area contributed by atoms with Gasteiger partial charge < -0.3 is 4.79 Å². The van der Waals surface area contributed by atoms with Crippen molar-refractivity contribution in [3.8, 4) is 0 Å². The summed E-state index contributed by atoms with van der Waals surface area (Å²) in [5.41, 5.74) is 0. The number of ketones is 1. The molecule has 4 heteroatoms. The lowest BCUT2D eigenvalue weighted by Crippen LogP contribution is -2.19. The molecule has 0 amide bonds. The Hall–Kier alpha value is -0.800. The molecule has 0 fully saturated rings. The summed E-state index contributed by atoms with van der Waals surface area (Å²) < 4.78 is 25.8. The molecular weight excluding hydrogens is 238 g/mol. The molecule has 0 aliphatic rings. The SMILES string of the molecule is CCC(CCC(=O)C(CC)CC=O)CC(C)(F)F. The first-order valence-corrected chi connectivity index (χ1v) is 6.68. The fourth-order valence-corrected chi connectivity index (χ4v) is 2.15. The van der Waals surface area contributed by atoms with Gasteiger partial charge in [-0.2, -0.15) is 0 Å². The third kappa shape index (κ3) is 7.51. The molecule has 2 unspecified atom stereocenters. The van der Waals surface area contributed by atoms with E-state index in [0.717, 1.165) is 13.2 Å². The first-order valence-electron chi connectivity index (χ1n) is 6.68. The highest BCUT2D eigenvalue weighted by atomic mass is 19.3. The zero-order chi connectivity index (χ0) is 14.2. The van der Waals surface area contributed by atoms with Crippen molar-refractivity contribution in [3.05, 3.63) is 0 Å². The maximum absolute atomic E-state index is 12.9. The van der Waals surface area contributed by atoms with E-state index in [2.05, 4.69) is 0 Å². The van der Waals surface area contributed by atoms with Crippen molar-refractivity contribution in [1.82, 2.24) is 0 Å². The lowest BCUT2D eigenvalue weighted by molar-refractivity contribution is -0.125. The molecule has 0 bridgehead atoms. The lowest BCUT2D eigenvalue weighted by Gasteiger charge is -2.19. The normalized spacial score (nSPS) is 15.2. The number of Topliss-reactive ketones (excluding diaryl/α,β-unsaturated/α-hetero) is 1. The van der Waals surface area contributed by atoms with E-state index in [9.17, 15) is 18.4 Å². The monoisotopic (exact) mass is 262 g/mol. The molecule has 0 aliphatic carbocycles. The molecule has 0 aromatic carbocycles. The van der Waals surface area contributed by atoms with Crippen LogP contribution in [0.3, 0.4) is 0 Å². The van der Waals surface area contributed by atoms with Crippen LogP contribution in [0.25, 0.3) is 0 Å². The standard InChI is InChI=1S/C14H24F2O2/c1-4-11(10-14(3,15)16)6-7-13(18)12(5-2)8-9-17/h9,11-12H,4-8,10H2,1-3H3. The molecule has 0 aromatic heterocycles. The highest BCUT2D eigenvalue weighted by Crippen LogP contribution is 2.28. The van der Waals surface area contributed by atoms with E-state index < -0.39 is 5.92 Å². The minimum atomic E-state index is -2.67. The fourth-order valence-electron chi connectivity index (χ4n) is 2.15. The van der Waals surface area contributed by atoms with Crippen molar-refractivity contribution < 1.29 is 18.4 Å². The number of hydrogen-bond donors (Lipinski definition) is 0. The number of alkyl halides is 2. The van der Waals surface area contributed by atoms with Gasteiger partial charge in [-0.25, -0.2) is 8.78 Å². The molecule has 0 radical (unpaired) electrons. The first kappa shape index (κ1) is 17.2. The van der Waals surface area contributed by atoms with Gasteiger partial charge in [0.15, 0.2) is 0 Å². The molecule has 0 saturated carbocycles. The topological polar surface area (TPSA) is 34.1 Å². The van der Waals surface area contributed by atoms with Crippen LogP contribution in [0.4, 0.5) is 8.78 Å². The first-order chi connectivity index (χ1) is 8.34. The van der Waals surface area contributed by atoms with Crippen molar-refractivity contribution in [2.24, 2.45) is 11.8 Å². The molecule has 106 valence electrons. The van der Waals surface area contributed by atoms with Crippen LogP contribution in [-0.2, 0) is 9.59 Å². The van der Waals surface area contributed by atoms with E-state index in [4.69, 9.17) is 0 Å². The Balaban J connectivity index is 4.19. The van der Waals surface area contributed by atoms with Crippen LogP contribution in [0.1, 0.15) is 59.3 Å². The van der Waals surface area contributed by atoms with Gasteiger partial charge in [0.05, 0.1) is 0 Å². The van der Waals surface area contributed by atoms with Gasteiger partial charge in [-0.1, -0.05) is 20.3 Å². The number of carbonyl (C=O) groups excluding carboxylic acids is 2. The summed E-state index contributed by atoms with van der Waals surface area (Å²) in [5, 5.41) is 0. The van der Waals surface area contributed by atoms with Gasteiger partial charge in [0.2, 0.25) is 5.92 Å². The number of carbonyl (C=O) groups is 2. The zero-order valence-electron chi connectivity index (χ0n) is 11.5. The lowest BCUT2D eigenvalue weighted by atomic mass is 9.88. The van der Waals surface area contributed by atoms with Crippen LogP contribution in [0.2, 0.25) is 0 Å². The van der Waals surface area contributed by atoms with E-state index in [0.29, 0.717) is 25.7 Å². The molecule has 0 saturated heterocycles. The Kier molecular flexibility index (Phi) is 7.96. The summed E-state index contributed by atoms with van der Waals surface area (Å²) in [6.07, 6.45) is 2.93. The van der Waals surface area contributed by atoms with Crippen LogP contribution < -0.4 is 0 Å². The van der Waals surface area contributed by atoms with E-state index in [-0.39, 0.29) is 30.5 Å². The second-order valence-electron chi connectivity index (χ2n) is 5.06. The predicted molar refractivity (Wildman–Crippen MR) is 67.7 cm³/mol. The van der Waals surface area contributed by atoms with E-state index in [1.165, 1.54) is 0 Å². The summed E-state index contributed by atoms with van der Waals surface area (Å²) in [7, 11) is 0.